The summed E-state index contributed by atoms with van der Waals surface area (Å²) >= 11 is 0. The molecule has 5 heteroatoms. The Morgan fingerprint density at radius 1 is 0.906 bits per heavy atom. The van der Waals surface area contributed by atoms with Crippen LogP contribution in [-0.2, 0) is 9.09 Å². The minimum Gasteiger partial charge on any atom is -0.303 e. The minimum absolute atomic E-state index is 0.262. The molecule has 4 saturated carbocycles. The Kier molecular flexibility index (Phi) is 7.32. The van der Waals surface area contributed by atoms with Crippen LogP contribution in [0.15, 0.2) is 0 Å². The van der Waals surface area contributed by atoms with Crippen LogP contribution in [0.25, 0.3) is 0 Å². The number of hydrogen-bond donors (Lipinski definition) is 2. The highest BCUT2D eigenvalue weighted by atomic mass is 31.2. The maximum atomic E-state index is 11.4. The molecule has 4 fully saturated rings. The van der Waals surface area contributed by atoms with Crippen LogP contribution >= 0.6 is 7.82 Å². The van der Waals surface area contributed by atoms with Gasteiger partial charge in [0.1, 0.15) is 0 Å². The molecule has 0 amide bonds. The van der Waals surface area contributed by atoms with E-state index in [4.69, 9.17) is 4.52 Å². The van der Waals surface area contributed by atoms with Crippen molar-refractivity contribution < 1.29 is 18.9 Å². The van der Waals surface area contributed by atoms with Gasteiger partial charge in [-0.2, -0.15) is 0 Å². The number of rotatable bonds is 7. The molecule has 4 aliphatic carbocycles. The molecule has 0 aliphatic heterocycles. The lowest BCUT2D eigenvalue weighted by Gasteiger charge is -2.61. The van der Waals surface area contributed by atoms with Gasteiger partial charge in [0, 0.05) is 0 Å². The van der Waals surface area contributed by atoms with E-state index in [1.54, 1.807) is 0 Å². The molecule has 0 radical (unpaired) electrons. The molecule has 0 unspecified atom stereocenters. The van der Waals surface area contributed by atoms with Crippen molar-refractivity contribution in [3.05, 3.63) is 0 Å². The molecule has 0 aromatic rings. The van der Waals surface area contributed by atoms with Gasteiger partial charge < -0.3 is 9.79 Å². The molecule has 0 aromatic carbocycles. The van der Waals surface area contributed by atoms with Crippen LogP contribution < -0.4 is 0 Å². The van der Waals surface area contributed by atoms with E-state index in [0.717, 1.165) is 54.8 Å². The molecule has 0 aromatic heterocycles. The molecule has 4 aliphatic rings. The Morgan fingerprint density at radius 2 is 1.59 bits per heavy atom. The van der Waals surface area contributed by atoms with Gasteiger partial charge >= 0.3 is 7.82 Å². The van der Waals surface area contributed by atoms with Crippen LogP contribution in [0.1, 0.15) is 112 Å². The average molecular weight is 469 g/mol. The Bertz CT molecular complexity index is 704. The molecule has 0 saturated heterocycles. The van der Waals surface area contributed by atoms with E-state index in [2.05, 4.69) is 34.6 Å². The van der Waals surface area contributed by atoms with Crippen LogP contribution in [0.3, 0.4) is 0 Å². The SMILES string of the molecule is CC(C)CCC[C@@H](C)[C@H]1CC[C@H]2[C@@H]3CC[C@H]4C[C@H](OP(=O)(O)O)CC[C@]4(C)[C@H]3CC[C@]12C. The molecule has 9 atom stereocenters. The number of hydrogen-bond acceptors (Lipinski definition) is 2. The quantitative estimate of drug-likeness (QED) is 0.378. The zero-order valence-corrected chi connectivity index (χ0v) is 22.2. The van der Waals surface area contributed by atoms with Crippen LogP contribution in [0.4, 0.5) is 0 Å². The molecule has 2 N–H and O–H groups in total. The molecular weight excluding hydrogens is 419 g/mol. The van der Waals surface area contributed by atoms with Crippen LogP contribution in [0.2, 0.25) is 0 Å². The van der Waals surface area contributed by atoms with Crippen LogP contribution in [-0.4, -0.2) is 15.9 Å². The monoisotopic (exact) mass is 468 g/mol. The van der Waals surface area contributed by atoms with Crippen LogP contribution in [0.5, 0.6) is 0 Å². The summed E-state index contributed by atoms with van der Waals surface area (Å²) in [5, 5.41) is 0. The normalized spacial score (nSPS) is 45.2. The van der Waals surface area contributed by atoms with Crippen molar-refractivity contribution in [2.24, 2.45) is 52.3 Å². The summed E-state index contributed by atoms with van der Waals surface area (Å²) < 4.78 is 16.5. The predicted molar refractivity (Wildman–Crippen MR) is 130 cm³/mol. The van der Waals surface area contributed by atoms with Gasteiger partial charge in [-0.05, 0) is 110 Å². The first-order valence-corrected chi connectivity index (χ1v) is 15.2. The molecule has 0 heterocycles. The van der Waals surface area contributed by atoms with Crippen molar-refractivity contribution in [1.82, 2.24) is 0 Å². The Morgan fingerprint density at radius 3 is 2.28 bits per heavy atom. The Labute approximate surface area is 196 Å². The molecule has 4 nitrogen and oxygen atoms in total. The third kappa shape index (κ3) is 4.77. The van der Waals surface area contributed by atoms with Crippen molar-refractivity contribution >= 4 is 7.82 Å². The lowest BCUT2D eigenvalue weighted by molar-refractivity contribution is -0.128. The second-order valence-electron chi connectivity index (χ2n) is 13.2. The maximum absolute atomic E-state index is 11.4. The third-order valence-electron chi connectivity index (χ3n) is 11.1. The minimum atomic E-state index is -4.39. The van der Waals surface area contributed by atoms with Gasteiger partial charge in [0.05, 0.1) is 6.10 Å². The highest BCUT2D eigenvalue weighted by Crippen LogP contribution is 2.68. The number of fused-ring (bicyclic) bond motifs is 5. The fourth-order valence-corrected chi connectivity index (χ4v) is 10.1. The maximum Gasteiger partial charge on any atom is 0.469 e. The van der Waals surface area contributed by atoms with E-state index < -0.39 is 7.82 Å². The van der Waals surface area contributed by atoms with E-state index >= 15 is 0 Å². The van der Waals surface area contributed by atoms with E-state index in [1.807, 2.05) is 0 Å². The first-order chi connectivity index (χ1) is 14.9. The lowest BCUT2D eigenvalue weighted by atomic mass is 9.44. The summed E-state index contributed by atoms with van der Waals surface area (Å²) in [5.74, 6) is 5.69. The average Bonchev–Trinajstić information content (AvgIpc) is 3.04. The van der Waals surface area contributed by atoms with Gasteiger partial charge in [0.25, 0.3) is 0 Å². The zero-order valence-electron chi connectivity index (χ0n) is 21.3. The highest BCUT2D eigenvalue weighted by molar-refractivity contribution is 7.46. The van der Waals surface area contributed by atoms with Crippen molar-refractivity contribution in [1.29, 1.82) is 0 Å². The third-order valence-corrected chi connectivity index (χ3v) is 11.7. The zero-order chi connectivity index (χ0) is 23.3. The van der Waals surface area contributed by atoms with Gasteiger partial charge in [-0.25, -0.2) is 4.57 Å². The molecule has 4 rings (SSSR count). The van der Waals surface area contributed by atoms with Crippen molar-refractivity contribution in [3.63, 3.8) is 0 Å². The first kappa shape index (κ1) is 25.2. The summed E-state index contributed by atoms with van der Waals surface area (Å²) in [5.41, 5.74) is 0.863. The van der Waals surface area contributed by atoms with Gasteiger partial charge in [-0.1, -0.05) is 53.9 Å². The fraction of sp³-hybridized carbons (Fsp3) is 1.00. The summed E-state index contributed by atoms with van der Waals surface area (Å²) in [6, 6.07) is 0. The molecule has 0 spiro atoms. The molecular formula is C27H49O4P. The smallest absolute Gasteiger partial charge is 0.303 e. The fourth-order valence-electron chi connectivity index (χ4n) is 9.53. The van der Waals surface area contributed by atoms with E-state index in [0.29, 0.717) is 16.7 Å². The molecule has 0 bridgehead atoms. The van der Waals surface area contributed by atoms with E-state index in [-0.39, 0.29) is 6.10 Å². The van der Waals surface area contributed by atoms with Crippen molar-refractivity contribution in [2.75, 3.05) is 0 Å². The highest BCUT2D eigenvalue weighted by Gasteiger charge is 2.60. The predicted octanol–water partition coefficient (Wildman–Crippen LogP) is 7.59. The summed E-state index contributed by atoms with van der Waals surface area (Å²) in [4.78, 5) is 18.6. The Balaban J connectivity index is 1.43. The summed E-state index contributed by atoms with van der Waals surface area (Å²) in [6.07, 6.45) is 14.8. The largest absolute Gasteiger partial charge is 0.469 e. The topological polar surface area (TPSA) is 66.8 Å². The summed E-state index contributed by atoms with van der Waals surface area (Å²) in [7, 11) is -4.39. The van der Waals surface area contributed by atoms with Gasteiger partial charge in [0.2, 0.25) is 0 Å². The van der Waals surface area contributed by atoms with Crippen molar-refractivity contribution in [3.8, 4) is 0 Å². The van der Waals surface area contributed by atoms with Gasteiger partial charge in [0.15, 0.2) is 0 Å². The number of phosphoric acid groups is 1. The van der Waals surface area contributed by atoms with Gasteiger partial charge in [-0.3, -0.25) is 4.52 Å². The van der Waals surface area contributed by atoms with Gasteiger partial charge in [-0.15, -0.1) is 0 Å². The second kappa shape index (κ2) is 9.29. The van der Waals surface area contributed by atoms with E-state index in [9.17, 15) is 14.4 Å². The number of phosphoric ester groups is 1. The standard InChI is InChI=1S/C27H49O4P/c1-18(2)7-6-8-19(3)23-11-12-24-22-10-9-20-17-21(31-32(28,29)30)13-15-26(20,4)25(22)14-16-27(23,24)5/h18-25H,6-17H2,1-5H3,(H2,28,29,30)/t19-,20+,21-,22+,23-,24+,25+,26+,27-/m1/s1. The molecule has 32 heavy (non-hydrogen) atoms. The summed E-state index contributed by atoms with van der Waals surface area (Å²) in [6.45, 7) is 12.4. The first-order valence-electron chi connectivity index (χ1n) is 13.7. The second-order valence-corrected chi connectivity index (χ2v) is 14.4. The van der Waals surface area contributed by atoms with Crippen molar-refractivity contribution in [2.45, 2.75) is 118 Å². The van der Waals surface area contributed by atoms with Crippen LogP contribution in [0, 0.1) is 52.3 Å². The van der Waals surface area contributed by atoms with E-state index in [1.165, 1.54) is 57.8 Å². The molecule has 186 valence electrons. The lowest BCUT2D eigenvalue weighted by Crippen LogP contribution is -2.54. The Hall–Kier alpha value is 0.110.